The Balaban J connectivity index is 2.49. The predicted molar refractivity (Wildman–Crippen MR) is 78.7 cm³/mol. The lowest BCUT2D eigenvalue weighted by molar-refractivity contribution is 0.143. The first-order valence-corrected chi connectivity index (χ1v) is 7.23. The van der Waals surface area contributed by atoms with Gasteiger partial charge in [0, 0.05) is 5.54 Å². The Bertz CT molecular complexity index is 449. The van der Waals surface area contributed by atoms with Crippen molar-refractivity contribution in [3.63, 3.8) is 0 Å². The summed E-state index contributed by atoms with van der Waals surface area (Å²) in [6.07, 6.45) is 3.71. The molecule has 1 aromatic rings. The highest BCUT2D eigenvalue weighted by Gasteiger charge is 2.40. The van der Waals surface area contributed by atoms with Gasteiger partial charge in [0.05, 0.1) is 0 Å². The molecule has 0 radical (unpaired) electrons. The van der Waals surface area contributed by atoms with Crippen LogP contribution in [0.2, 0.25) is 0 Å². The van der Waals surface area contributed by atoms with Gasteiger partial charge in [0.2, 0.25) is 0 Å². The molecule has 0 aliphatic heterocycles. The number of nitrogens with two attached hydrogens (primary N) is 1. The molecule has 1 heteroatoms. The molecule has 0 heterocycles. The molecule has 1 aliphatic rings. The van der Waals surface area contributed by atoms with Gasteiger partial charge in [-0.15, -0.1) is 0 Å². The molecular weight excluding hydrogens is 218 g/mol. The van der Waals surface area contributed by atoms with Gasteiger partial charge in [-0.2, -0.15) is 0 Å². The monoisotopic (exact) mass is 245 g/mol. The summed E-state index contributed by atoms with van der Waals surface area (Å²) in [5, 5.41) is 0. The average molecular weight is 245 g/mol. The van der Waals surface area contributed by atoms with Gasteiger partial charge in [-0.1, -0.05) is 38.8 Å². The molecule has 0 amide bonds. The number of hydrogen-bond acceptors (Lipinski definition) is 1. The molecule has 18 heavy (non-hydrogen) atoms. The Morgan fingerprint density at radius 3 is 2.33 bits per heavy atom. The highest BCUT2D eigenvalue weighted by atomic mass is 14.8. The van der Waals surface area contributed by atoms with Gasteiger partial charge in [-0.3, -0.25) is 0 Å². The van der Waals surface area contributed by atoms with E-state index in [1.807, 2.05) is 0 Å². The molecule has 0 saturated heterocycles. The van der Waals surface area contributed by atoms with E-state index in [2.05, 4.69) is 46.8 Å². The Hall–Kier alpha value is -0.820. The molecule has 100 valence electrons. The molecule has 3 atom stereocenters. The third-order valence-electron chi connectivity index (χ3n) is 5.26. The highest BCUT2D eigenvalue weighted by molar-refractivity contribution is 5.41. The van der Waals surface area contributed by atoms with Crippen molar-refractivity contribution in [1.82, 2.24) is 0 Å². The average Bonchev–Trinajstić information content (AvgIpc) is 2.30. The fourth-order valence-electron chi connectivity index (χ4n) is 3.54. The molecule has 0 bridgehead atoms. The quantitative estimate of drug-likeness (QED) is 0.787. The minimum absolute atomic E-state index is 0.125. The maximum absolute atomic E-state index is 6.83. The van der Waals surface area contributed by atoms with Crippen LogP contribution < -0.4 is 5.73 Å². The molecule has 1 aliphatic carbocycles. The van der Waals surface area contributed by atoms with Crippen molar-refractivity contribution < 1.29 is 0 Å². The number of aryl methyl sites for hydroxylation is 3. The van der Waals surface area contributed by atoms with Crippen LogP contribution in [0, 0.1) is 32.6 Å². The predicted octanol–water partition coefficient (Wildman–Crippen LogP) is 4.22. The lowest BCUT2D eigenvalue weighted by Gasteiger charge is -2.44. The van der Waals surface area contributed by atoms with Gasteiger partial charge in [-0.25, -0.2) is 0 Å². The summed E-state index contributed by atoms with van der Waals surface area (Å²) in [5.74, 6) is 1.29. The van der Waals surface area contributed by atoms with E-state index in [1.165, 1.54) is 35.1 Å². The summed E-state index contributed by atoms with van der Waals surface area (Å²) >= 11 is 0. The van der Waals surface area contributed by atoms with E-state index in [9.17, 15) is 0 Å². The first-order valence-electron chi connectivity index (χ1n) is 7.23. The third kappa shape index (κ3) is 2.09. The summed E-state index contributed by atoms with van der Waals surface area (Å²) in [6.45, 7) is 11.3. The van der Waals surface area contributed by atoms with Crippen molar-refractivity contribution in [3.05, 3.63) is 34.4 Å². The molecule has 0 spiro atoms. The normalized spacial score (nSPS) is 32.6. The first-order chi connectivity index (χ1) is 8.36. The smallest absolute Gasteiger partial charge is 0.0440 e. The van der Waals surface area contributed by atoms with Gasteiger partial charge in [0.25, 0.3) is 0 Å². The fraction of sp³-hybridized carbons (Fsp3) is 0.647. The molecule has 1 nitrogen and oxygen atoms in total. The van der Waals surface area contributed by atoms with Crippen molar-refractivity contribution in [2.24, 2.45) is 17.6 Å². The lowest BCUT2D eigenvalue weighted by atomic mass is 9.65. The molecular formula is C17H27N. The summed E-state index contributed by atoms with van der Waals surface area (Å²) in [7, 11) is 0. The van der Waals surface area contributed by atoms with Crippen LogP contribution in [0.25, 0.3) is 0 Å². The van der Waals surface area contributed by atoms with Crippen molar-refractivity contribution >= 4 is 0 Å². The van der Waals surface area contributed by atoms with E-state index in [1.54, 1.807) is 0 Å². The maximum Gasteiger partial charge on any atom is 0.0440 e. The number of rotatable bonds is 1. The zero-order chi connectivity index (χ0) is 13.5. The van der Waals surface area contributed by atoms with Gasteiger partial charge in [0.15, 0.2) is 0 Å². The van der Waals surface area contributed by atoms with Crippen molar-refractivity contribution in [2.75, 3.05) is 0 Å². The molecule has 2 rings (SSSR count). The van der Waals surface area contributed by atoms with Crippen molar-refractivity contribution in [3.8, 4) is 0 Å². The van der Waals surface area contributed by atoms with E-state index < -0.39 is 0 Å². The SMILES string of the molecule is Cc1cc(C)c(C2(N)CCCC(C)C2C)cc1C. The molecule has 0 aromatic heterocycles. The molecule has 3 unspecified atom stereocenters. The summed E-state index contributed by atoms with van der Waals surface area (Å²) in [6, 6.07) is 4.63. The Kier molecular flexibility index (Phi) is 3.55. The number of benzene rings is 1. The second-order valence-electron chi connectivity index (χ2n) is 6.45. The molecule has 1 aromatic carbocycles. The Morgan fingerprint density at radius 2 is 1.67 bits per heavy atom. The van der Waals surface area contributed by atoms with Crippen LogP contribution in [0.5, 0.6) is 0 Å². The third-order valence-corrected chi connectivity index (χ3v) is 5.26. The van der Waals surface area contributed by atoms with E-state index in [0.29, 0.717) is 5.92 Å². The molecule has 1 fully saturated rings. The van der Waals surface area contributed by atoms with Gasteiger partial charge in [-0.05, 0) is 61.3 Å². The number of hydrogen-bond donors (Lipinski definition) is 1. The van der Waals surface area contributed by atoms with E-state index in [0.717, 1.165) is 12.3 Å². The summed E-state index contributed by atoms with van der Waals surface area (Å²) in [5.41, 5.74) is 12.2. The van der Waals surface area contributed by atoms with Gasteiger partial charge in [0.1, 0.15) is 0 Å². The van der Waals surface area contributed by atoms with Crippen molar-refractivity contribution in [2.45, 2.75) is 59.4 Å². The van der Waals surface area contributed by atoms with Gasteiger partial charge >= 0.3 is 0 Å². The van der Waals surface area contributed by atoms with E-state index in [4.69, 9.17) is 5.73 Å². The highest BCUT2D eigenvalue weighted by Crippen LogP contribution is 2.43. The van der Waals surface area contributed by atoms with Gasteiger partial charge < -0.3 is 5.73 Å². The van der Waals surface area contributed by atoms with E-state index >= 15 is 0 Å². The Morgan fingerprint density at radius 1 is 1.06 bits per heavy atom. The van der Waals surface area contributed by atoms with Crippen LogP contribution in [0.3, 0.4) is 0 Å². The van der Waals surface area contributed by atoms with Crippen LogP contribution >= 0.6 is 0 Å². The van der Waals surface area contributed by atoms with Crippen molar-refractivity contribution in [1.29, 1.82) is 0 Å². The first kappa shape index (κ1) is 13.6. The summed E-state index contributed by atoms with van der Waals surface area (Å²) in [4.78, 5) is 0. The summed E-state index contributed by atoms with van der Waals surface area (Å²) < 4.78 is 0. The Labute approximate surface area is 112 Å². The van der Waals surface area contributed by atoms with Crippen LogP contribution in [0.4, 0.5) is 0 Å². The van der Waals surface area contributed by atoms with Crippen LogP contribution in [0.1, 0.15) is 55.4 Å². The zero-order valence-electron chi connectivity index (χ0n) is 12.5. The standard InChI is InChI=1S/C17H27N/c1-11-7-6-8-17(18,15(11)5)16-10-13(3)12(2)9-14(16)4/h9-11,15H,6-8,18H2,1-5H3. The second kappa shape index (κ2) is 4.70. The lowest BCUT2D eigenvalue weighted by Crippen LogP contribution is -2.48. The van der Waals surface area contributed by atoms with E-state index in [-0.39, 0.29) is 5.54 Å². The fourth-order valence-corrected chi connectivity index (χ4v) is 3.54. The molecule has 2 N–H and O–H groups in total. The topological polar surface area (TPSA) is 26.0 Å². The minimum Gasteiger partial charge on any atom is -0.321 e. The maximum atomic E-state index is 6.83. The zero-order valence-corrected chi connectivity index (χ0v) is 12.5. The molecule has 1 saturated carbocycles. The second-order valence-corrected chi connectivity index (χ2v) is 6.45. The van der Waals surface area contributed by atoms with Crippen LogP contribution in [0.15, 0.2) is 12.1 Å². The van der Waals surface area contributed by atoms with Crippen LogP contribution in [-0.2, 0) is 5.54 Å². The minimum atomic E-state index is -0.125. The largest absolute Gasteiger partial charge is 0.321 e. The van der Waals surface area contributed by atoms with Crippen LogP contribution in [-0.4, -0.2) is 0 Å².